The minimum absolute atomic E-state index is 0.246. The minimum atomic E-state index is -0.723. The Hall–Kier alpha value is -1.14. The van der Waals surface area contributed by atoms with E-state index in [2.05, 4.69) is 23.8 Å². The normalized spacial score (nSPS) is 11.1. The molecule has 0 bridgehead atoms. The molecule has 0 saturated heterocycles. The molecule has 0 aromatic carbocycles. The predicted octanol–water partition coefficient (Wildman–Crippen LogP) is 3.66. The number of aryl methyl sites for hydroxylation is 2. The molecule has 0 amide bonds. The van der Waals surface area contributed by atoms with Crippen LogP contribution in [0.1, 0.15) is 29.7 Å². The maximum atomic E-state index is 10.4. The maximum absolute atomic E-state index is 10.4. The van der Waals surface area contributed by atoms with E-state index in [4.69, 9.17) is 5.11 Å². The number of thiophene rings is 1. The van der Waals surface area contributed by atoms with Gasteiger partial charge in [-0.2, -0.15) is 0 Å². The third-order valence-electron chi connectivity index (χ3n) is 2.95. The van der Waals surface area contributed by atoms with Crippen LogP contribution in [-0.2, 0) is 4.79 Å². The molecule has 2 aromatic rings. The molecule has 2 rings (SSSR count). The standard InChI is InChI=1S/C13H16N2O2S2/c1-8-9(2)19-13-11(8)12(14-7-15-13)18-6-4-3-5-10(16)17/h7H,3-6H2,1-2H3,(H,16,17). The molecule has 0 aliphatic carbocycles. The van der Waals surface area contributed by atoms with E-state index in [-0.39, 0.29) is 6.42 Å². The van der Waals surface area contributed by atoms with E-state index < -0.39 is 5.97 Å². The molecule has 19 heavy (non-hydrogen) atoms. The van der Waals surface area contributed by atoms with Gasteiger partial charge < -0.3 is 5.11 Å². The lowest BCUT2D eigenvalue weighted by Crippen LogP contribution is -1.94. The summed E-state index contributed by atoms with van der Waals surface area (Å²) in [6, 6.07) is 0. The largest absolute Gasteiger partial charge is 0.481 e. The predicted molar refractivity (Wildman–Crippen MR) is 79.1 cm³/mol. The van der Waals surface area contributed by atoms with Gasteiger partial charge in [0.25, 0.3) is 0 Å². The van der Waals surface area contributed by atoms with Crippen molar-refractivity contribution in [3.8, 4) is 0 Å². The van der Waals surface area contributed by atoms with E-state index >= 15 is 0 Å². The molecular formula is C13H16N2O2S2. The number of nitrogens with zero attached hydrogens (tertiary/aromatic N) is 2. The van der Waals surface area contributed by atoms with Gasteiger partial charge in [0.15, 0.2) is 0 Å². The average Bonchev–Trinajstić information content (AvgIpc) is 2.65. The van der Waals surface area contributed by atoms with Crippen molar-refractivity contribution >= 4 is 39.3 Å². The number of thioether (sulfide) groups is 1. The van der Waals surface area contributed by atoms with E-state index in [1.54, 1.807) is 29.4 Å². The fraction of sp³-hybridized carbons (Fsp3) is 0.462. The van der Waals surface area contributed by atoms with E-state index in [9.17, 15) is 4.79 Å². The summed E-state index contributed by atoms with van der Waals surface area (Å²) in [6.45, 7) is 4.20. The first-order valence-electron chi connectivity index (χ1n) is 6.15. The van der Waals surface area contributed by atoms with Gasteiger partial charge in [-0.3, -0.25) is 4.79 Å². The molecule has 0 aliphatic rings. The molecule has 0 saturated carbocycles. The molecule has 6 heteroatoms. The number of fused-ring (bicyclic) bond motifs is 1. The molecule has 1 N–H and O–H groups in total. The molecule has 0 radical (unpaired) electrons. The van der Waals surface area contributed by atoms with Crippen LogP contribution in [0.25, 0.3) is 10.2 Å². The van der Waals surface area contributed by atoms with Crippen molar-refractivity contribution in [2.75, 3.05) is 5.75 Å². The molecule has 0 atom stereocenters. The number of hydrogen-bond donors (Lipinski definition) is 1. The van der Waals surface area contributed by atoms with Gasteiger partial charge >= 0.3 is 5.97 Å². The summed E-state index contributed by atoms with van der Waals surface area (Å²) in [4.78, 5) is 21.4. The van der Waals surface area contributed by atoms with Crippen molar-refractivity contribution in [3.63, 3.8) is 0 Å². The van der Waals surface area contributed by atoms with Crippen LogP contribution in [0.3, 0.4) is 0 Å². The van der Waals surface area contributed by atoms with Crippen molar-refractivity contribution in [3.05, 3.63) is 16.8 Å². The van der Waals surface area contributed by atoms with Crippen LogP contribution >= 0.6 is 23.1 Å². The van der Waals surface area contributed by atoms with Crippen LogP contribution in [0, 0.1) is 13.8 Å². The zero-order valence-electron chi connectivity index (χ0n) is 11.0. The summed E-state index contributed by atoms with van der Waals surface area (Å²) in [5.74, 6) is 0.173. The molecule has 2 heterocycles. The van der Waals surface area contributed by atoms with Gasteiger partial charge in [0.05, 0.1) is 0 Å². The lowest BCUT2D eigenvalue weighted by molar-refractivity contribution is -0.137. The molecule has 2 aromatic heterocycles. The number of carboxylic acid groups (broad SMARTS) is 1. The Morgan fingerprint density at radius 3 is 2.89 bits per heavy atom. The summed E-state index contributed by atoms with van der Waals surface area (Å²) in [5, 5.41) is 10.8. The van der Waals surface area contributed by atoms with E-state index in [1.165, 1.54) is 10.4 Å². The first-order valence-corrected chi connectivity index (χ1v) is 7.95. The molecule has 4 nitrogen and oxygen atoms in total. The highest BCUT2D eigenvalue weighted by molar-refractivity contribution is 7.99. The highest BCUT2D eigenvalue weighted by Gasteiger charge is 2.11. The molecule has 0 spiro atoms. The molecular weight excluding hydrogens is 280 g/mol. The summed E-state index contributed by atoms with van der Waals surface area (Å²) < 4.78 is 0. The van der Waals surface area contributed by atoms with Gasteiger partial charge in [-0.25, -0.2) is 9.97 Å². The van der Waals surface area contributed by atoms with Crippen LogP contribution in [0.2, 0.25) is 0 Å². The van der Waals surface area contributed by atoms with Gasteiger partial charge in [0.1, 0.15) is 16.2 Å². The van der Waals surface area contributed by atoms with Gasteiger partial charge in [-0.15, -0.1) is 23.1 Å². The number of hydrogen-bond acceptors (Lipinski definition) is 5. The van der Waals surface area contributed by atoms with Crippen LogP contribution < -0.4 is 0 Å². The second-order valence-electron chi connectivity index (χ2n) is 4.34. The highest BCUT2D eigenvalue weighted by atomic mass is 32.2. The van der Waals surface area contributed by atoms with Gasteiger partial charge in [0, 0.05) is 16.7 Å². The van der Waals surface area contributed by atoms with Crippen LogP contribution in [0.15, 0.2) is 11.4 Å². The molecule has 102 valence electrons. The van der Waals surface area contributed by atoms with E-state index in [0.29, 0.717) is 0 Å². The molecule has 0 unspecified atom stereocenters. The quantitative estimate of drug-likeness (QED) is 0.501. The first-order chi connectivity index (χ1) is 9.09. The van der Waals surface area contributed by atoms with Crippen LogP contribution in [0.4, 0.5) is 0 Å². The Balaban J connectivity index is 2.02. The highest BCUT2D eigenvalue weighted by Crippen LogP contribution is 2.34. The monoisotopic (exact) mass is 296 g/mol. The Labute approximate surface area is 120 Å². The number of aliphatic carboxylic acids is 1. The van der Waals surface area contributed by atoms with E-state index in [1.807, 2.05) is 0 Å². The van der Waals surface area contributed by atoms with Gasteiger partial charge in [-0.05, 0) is 38.0 Å². The molecule has 0 fully saturated rings. The number of carbonyl (C=O) groups is 1. The smallest absolute Gasteiger partial charge is 0.303 e. The second kappa shape index (κ2) is 6.34. The lowest BCUT2D eigenvalue weighted by Gasteiger charge is -2.02. The molecule has 0 aliphatic heterocycles. The zero-order valence-corrected chi connectivity index (χ0v) is 12.6. The summed E-state index contributed by atoms with van der Waals surface area (Å²) in [5.41, 5.74) is 1.26. The van der Waals surface area contributed by atoms with Crippen molar-refractivity contribution in [2.24, 2.45) is 0 Å². The number of unbranched alkanes of at least 4 members (excludes halogenated alkanes) is 1. The SMILES string of the molecule is Cc1sc2ncnc(SCCCCC(=O)O)c2c1C. The topological polar surface area (TPSA) is 63.1 Å². The van der Waals surface area contributed by atoms with E-state index in [0.717, 1.165) is 33.8 Å². The Morgan fingerprint density at radius 2 is 2.16 bits per heavy atom. The van der Waals surface area contributed by atoms with Crippen molar-refractivity contribution in [1.29, 1.82) is 0 Å². The van der Waals surface area contributed by atoms with Crippen LogP contribution in [-0.4, -0.2) is 26.8 Å². The summed E-state index contributed by atoms with van der Waals surface area (Å²) in [6.07, 6.45) is 3.47. The maximum Gasteiger partial charge on any atom is 0.303 e. The third-order valence-corrected chi connectivity index (χ3v) is 5.15. The third kappa shape index (κ3) is 3.45. The number of aromatic nitrogens is 2. The van der Waals surface area contributed by atoms with Crippen molar-refractivity contribution < 1.29 is 9.90 Å². The summed E-state index contributed by atoms with van der Waals surface area (Å²) >= 11 is 3.39. The Morgan fingerprint density at radius 1 is 1.37 bits per heavy atom. The first kappa shape index (κ1) is 14.3. The Kier molecular flexibility index (Phi) is 4.76. The fourth-order valence-electron chi connectivity index (χ4n) is 1.81. The number of rotatable bonds is 6. The van der Waals surface area contributed by atoms with Gasteiger partial charge in [-0.1, -0.05) is 0 Å². The van der Waals surface area contributed by atoms with Gasteiger partial charge in [0.2, 0.25) is 0 Å². The summed E-state index contributed by atoms with van der Waals surface area (Å²) in [7, 11) is 0. The average molecular weight is 296 g/mol. The van der Waals surface area contributed by atoms with Crippen molar-refractivity contribution in [1.82, 2.24) is 9.97 Å². The zero-order chi connectivity index (χ0) is 13.8. The Bertz CT molecular complexity index is 596. The fourth-order valence-corrected chi connectivity index (χ4v) is 3.93. The number of carboxylic acids is 1. The minimum Gasteiger partial charge on any atom is -0.481 e. The van der Waals surface area contributed by atoms with Crippen LogP contribution in [0.5, 0.6) is 0 Å². The lowest BCUT2D eigenvalue weighted by atomic mass is 10.2. The van der Waals surface area contributed by atoms with Crippen molar-refractivity contribution in [2.45, 2.75) is 38.1 Å². The second-order valence-corrected chi connectivity index (χ2v) is 6.63.